The van der Waals surface area contributed by atoms with Crippen molar-refractivity contribution in [1.29, 1.82) is 0 Å². The highest BCUT2D eigenvalue weighted by molar-refractivity contribution is 8.00. The van der Waals surface area contributed by atoms with E-state index in [-0.39, 0.29) is 5.78 Å². The fraction of sp³-hybridized carbons (Fsp3) is 0.0952. The molecular formula is C21H16N2O3S. The summed E-state index contributed by atoms with van der Waals surface area (Å²) in [4.78, 5) is 13.1. The first kappa shape index (κ1) is 17.3. The predicted molar refractivity (Wildman–Crippen MR) is 103 cm³/mol. The van der Waals surface area contributed by atoms with Gasteiger partial charge in [0.15, 0.2) is 5.78 Å². The lowest BCUT2D eigenvalue weighted by atomic mass is 10.0. The molecule has 6 heteroatoms. The molecule has 0 N–H and O–H groups in total. The third-order valence-electron chi connectivity index (χ3n) is 4.11. The topological polar surface area (TPSA) is 69.1 Å². The molecule has 0 unspecified atom stereocenters. The standard InChI is InChI=1S/C21H16N2O3S/c1-14-17(12-13-25-14)20-22-23-21(26-20)27-19(16-10-6-3-7-11-16)18(24)15-8-4-2-5-9-15/h2-13,19H,1H3/t19-/m0/s1. The molecule has 2 aromatic heterocycles. The average Bonchev–Trinajstić information content (AvgIpc) is 3.35. The first-order valence-corrected chi connectivity index (χ1v) is 9.29. The lowest BCUT2D eigenvalue weighted by molar-refractivity contribution is 0.0989. The number of Topliss-reactive ketones (excluding diaryl/α,β-unsaturated/α-hetero) is 1. The Hall–Kier alpha value is -3.12. The number of ketones is 1. The highest BCUT2D eigenvalue weighted by atomic mass is 32.2. The van der Waals surface area contributed by atoms with E-state index < -0.39 is 5.25 Å². The van der Waals surface area contributed by atoms with Gasteiger partial charge in [-0.2, -0.15) is 0 Å². The number of aryl methyl sites for hydroxylation is 1. The second kappa shape index (κ2) is 7.63. The first-order valence-electron chi connectivity index (χ1n) is 8.41. The number of thioether (sulfide) groups is 1. The highest BCUT2D eigenvalue weighted by Gasteiger charge is 2.26. The minimum atomic E-state index is -0.479. The van der Waals surface area contributed by atoms with Gasteiger partial charge < -0.3 is 8.83 Å². The second-order valence-electron chi connectivity index (χ2n) is 5.90. The van der Waals surface area contributed by atoms with Gasteiger partial charge in [0.25, 0.3) is 11.1 Å². The lowest BCUT2D eigenvalue weighted by Crippen LogP contribution is -2.10. The Kier molecular flexibility index (Phi) is 4.89. The lowest BCUT2D eigenvalue weighted by Gasteiger charge is -2.14. The Morgan fingerprint density at radius 3 is 2.33 bits per heavy atom. The maximum atomic E-state index is 13.1. The van der Waals surface area contributed by atoms with E-state index in [0.717, 1.165) is 11.1 Å². The number of furan rings is 1. The molecule has 1 atom stereocenters. The molecule has 0 amide bonds. The van der Waals surface area contributed by atoms with Crippen molar-refractivity contribution in [3.63, 3.8) is 0 Å². The quantitative estimate of drug-likeness (QED) is 0.333. The molecule has 0 spiro atoms. The van der Waals surface area contributed by atoms with E-state index in [9.17, 15) is 4.79 Å². The third kappa shape index (κ3) is 3.71. The van der Waals surface area contributed by atoms with Crippen molar-refractivity contribution < 1.29 is 13.6 Å². The summed E-state index contributed by atoms with van der Waals surface area (Å²) < 4.78 is 11.1. The summed E-state index contributed by atoms with van der Waals surface area (Å²) in [5.74, 6) is 1.07. The number of hydrogen-bond donors (Lipinski definition) is 0. The SMILES string of the molecule is Cc1occc1-c1nnc(S[C@H](C(=O)c2ccccc2)c2ccccc2)o1. The number of rotatable bonds is 6. The Morgan fingerprint density at radius 1 is 0.963 bits per heavy atom. The van der Waals surface area contributed by atoms with Gasteiger partial charge in [0.2, 0.25) is 0 Å². The molecule has 4 aromatic rings. The van der Waals surface area contributed by atoms with E-state index >= 15 is 0 Å². The molecule has 4 rings (SSSR count). The Morgan fingerprint density at radius 2 is 1.67 bits per heavy atom. The number of carbonyl (C=O) groups excluding carboxylic acids is 1. The van der Waals surface area contributed by atoms with Crippen molar-refractivity contribution in [2.45, 2.75) is 17.4 Å². The maximum Gasteiger partial charge on any atom is 0.277 e. The third-order valence-corrected chi connectivity index (χ3v) is 5.20. The molecule has 2 heterocycles. The molecule has 0 saturated carbocycles. The van der Waals surface area contributed by atoms with Crippen LogP contribution in [-0.2, 0) is 0 Å². The van der Waals surface area contributed by atoms with E-state index in [1.165, 1.54) is 11.8 Å². The summed E-state index contributed by atoms with van der Waals surface area (Å²) in [5, 5.41) is 8.05. The Bertz CT molecular complexity index is 1040. The minimum Gasteiger partial charge on any atom is -0.469 e. The van der Waals surface area contributed by atoms with Gasteiger partial charge in [0.05, 0.1) is 11.8 Å². The summed E-state index contributed by atoms with van der Waals surface area (Å²) in [5.41, 5.74) is 2.28. The van der Waals surface area contributed by atoms with E-state index in [0.29, 0.717) is 22.4 Å². The largest absolute Gasteiger partial charge is 0.469 e. The van der Waals surface area contributed by atoms with Crippen molar-refractivity contribution in [3.05, 3.63) is 89.9 Å². The zero-order valence-electron chi connectivity index (χ0n) is 14.5. The summed E-state index contributed by atoms with van der Waals surface area (Å²) in [6, 6.07) is 20.6. The smallest absolute Gasteiger partial charge is 0.277 e. The number of nitrogens with zero attached hydrogens (tertiary/aromatic N) is 2. The van der Waals surface area contributed by atoms with Crippen LogP contribution in [0.4, 0.5) is 0 Å². The molecule has 0 aliphatic heterocycles. The predicted octanol–water partition coefficient (Wildman–Crippen LogP) is 5.35. The second-order valence-corrected chi connectivity index (χ2v) is 6.96. The van der Waals surface area contributed by atoms with Crippen LogP contribution in [0.3, 0.4) is 0 Å². The number of aromatic nitrogens is 2. The van der Waals surface area contributed by atoms with Gasteiger partial charge in [-0.05, 0) is 30.3 Å². The molecule has 0 aliphatic rings. The molecule has 0 radical (unpaired) electrons. The van der Waals surface area contributed by atoms with Gasteiger partial charge in [-0.3, -0.25) is 4.79 Å². The summed E-state index contributed by atoms with van der Waals surface area (Å²) >= 11 is 1.25. The van der Waals surface area contributed by atoms with Crippen LogP contribution in [-0.4, -0.2) is 16.0 Å². The molecule has 27 heavy (non-hydrogen) atoms. The van der Waals surface area contributed by atoms with Crippen molar-refractivity contribution in [2.24, 2.45) is 0 Å². The van der Waals surface area contributed by atoms with Crippen LogP contribution in [0.5, 0.6) is 0 Å². The number of carbonyl (C=O) groups is 1. The van der Waals surface area contributed by atoms with E-state index in [1.54, 1.807) is 12.3 Å². The van der Waals surface area contributed by atoms with Crippen LogP contribution in [0, 0.1) is 6.92 Å². The summed E-state index contributed by atoms with van der Waals surface area (Å²) in [6.07, 6.45) is 1.58. The minimum absolute atomic E-state index is 0.00829. The highest BCUT2D eigenvalue weighted by Crippen LogP contribution is 2.38. The van der Waals surface area contributed by atoms with Gasteiger partial charge in [-0.1, -0.05) is 60.7 Å². The van der Waals surface area contributed by atoms with Crippen LogP contribution in [0.1, 0.15) is 26.9 Å². The molecule has 2 aromatic carbocycles. The van der Waals surface area contributed by atoms with Crippen molar-refractivity contribution >= 4 is 17.5 Å². The average molecular weight is 376 g/mol. The normalized spacial score (nSPS) is 12.0. The molecule has 134 valence electrons. The van der Waals surface area contributed by atoms with Crippen LogP contribution in [0.2, 0.25) is 0 Å². The van der Waals surface area contributed by atoms with Crippen LogP contribution >= 0.6 is 11.8 Å². The monoisotopic (exact) mass is 376 g/mol. The van der Waals surface area contributed by atoms with Crippen molar-refractivity contribution in [1.82, 2.24) is 10.2 Å². The van der Waals surface area contributed by atoms with Crippen LogP contribution < -0.4 is 0 Å². The molecule has 0 fully saturated rings. The summed E-state index contributed by atoms with van der Waals surface area (Å²) in [6.45, 7) is 1.83. The van der Waals surface area contributed by atoms with Gasteiger partial charge in [-0.25, -0.2) is 0 Å². The summed E-state index contributed by atoms with van der Waals surface area (Å²) in [7, 11) is 0. The van der Waals surface area contributed by atoms with Gasteiger partial charge in [0.1, 0.15) is 11.0 Å². The van der Waals surface area contributed by atoms with E-state index in [4.69, 9.17) is 8.83 Å². The zero-order chi connectivity index (χ0) is 18.6. The van der Waals surface area contributed by atoms with E-state index in [2.05, 4.69) is 10.2 Å². The van der Waals surface area contributed by atoms with Gasteiger partial charge in [-0.15, -0.1) is 10.2 Å². The fourth-order valence-electron chi connectivity index (χ4n) is 2.73. The van der Waals surface area contributed by atoms with E-state index in [1.807, 2.05) is 67.6 Å². The number of benzene rings is 2. The van der Waals surface area contributed by atoms with Crippen LogP contribution in [0.25, 0.3) is 11.5 Å². The van der Waals surface area contributed by atoms with Crippen LogP contribution in [0.15, 0.2) is 87.1 Å². The van der Waals surface area contributed by atoms with Gasteiger partial charge >= 0.3 is 0 Å². The first-order chi connectivity index (χ1) is 13.2. The Balaban J connectivity index is 1.65. The zero-order valence-corrected chi connectivity index (χ0v) is 15.3. The molecular weight excluding hydrogens is 360 g/mol. The van der Waals surface area contributed by atoms with Crippen molar-refractivity contribution in [3.8, 4) is 11.5 Å². The molecule has 0 saturated heterocycles. The molecule has 5 nitrogen and oxygen atoms in total. The number of hydrogen-bond acceptors (Lipinski definition) is 6. The molecule has 0 bridgehead atoms. The van der Waals surface area contributed by atoms with Crippen molar-refractivity contribution in [2.75, 3.05) is 0 Å². The maximum absolute atomic E-state index is 13.1. The van der Waals surface area contributed by atoms with Gasteiger partial charge in [0, 0.05) is 5.56 Å². The molecule has 0 aliphatic carbocycles. The fourth-order valence-corrected chi connectivity index (χ4v) is 3.68. The Labute approximate surface area is 160 Å².